The van der Waals surface area contributed by atoms with E-state index in [2.05, 4.69) is 12.5 Å². The molecule has 1 unspecified atom stereocenters. The van der Waals surface area contributed by atoms with Gasteiger partial charge in [0.05, 0.1) is 0 Å². The lowest BCUT2D eigenvalue weighted by molar-refractivity contribution is 1.07. The molecule has 0 amide bonds. The van der Waals surface area contributed by atoms with E-state index in [1.165, 1.54) is 22.4 Å². The van der Waals surface area contributed by atoms with Gasteiger partial charge in [0.2, 0.25) is 0 Å². The fourth-order valence-corrected chi connectivity index (χ4v) is 2.20. The normalized spacial score (nSPS) is 14.2. The average Bonchev–Trinajstić information content (AvgIpc) is 1.83. The van der Waals surface area contributed by atoms with Crippen molar-refractivity contribution in [3.8, 4) is 0 Å². The van der Waals surface area contributed by atoms with Gasteiger partial charge in [-0.05, 0) is 29.6 Å². The summed E-state index contributed by atoms with van der Waals surface area (Å²) in [7, 11) is 1.35. The Morgan fingerprint density at radius 3 is 2.50 bits per heavy atom. The van der Waals surface area contributed by atoms with E-state index in [4.69, 9.17) is 0 Å². The van der Waals surface area contributed by atoms with Crippen molar-refractivity contribution < 1.29 is 0 Å². The maximum absolute atomic E-state index is 2.21. The highest BCUT2D eigenvalue weighted by molar-refractivity contribution is 8.00. The van der Waals surface area contributed by atoms with Gasteiger partial charge in [-0.15, -0.1) is 0 Å². The zero-order valence-corrected chi connectivity index (χ0v) is 9.44. The van der Waals surface area contributed by atoms with Crippen LogP contribution in [0.1, 0.15) is 6.42 Å². The zero-order valence-electron chi connectivity index (χ0n) is 5.81. The van der Waals surface area contributed by atoms with Gasteiger partial charge in [-0.3, -0.25) is 0 Å². The first kappa shape index (κ1) is 8.92. The summed E-state index contributed by atoms with van der Waals surface area (Å²) < 4.78 is 0. The van der Waals surface area contributed by atoms with Crippen molar-refractivity contribution in [3.05, 3.63) is 0 Å². The van der Waals surface area contributed by atoms with E-state index in [9.17, 15) is 0 Å². The lowest BCUT2D eigenvalue weighted by atomic mass is 10.6. The predicted molar refractivity (Wildman–Crippen MR) is 50.2 cm³/mol. The van der Waals surface area contributed by atoms with Crippen molar-refractivity contribution in [1.29, 1.82) is 0 Å². The molecule has 0 saturated carbocycles. The Hall–Kier alpha value is 0.917. The van der Waals surface area contributed by atoms with Crippen molar-refractivity contribution in [2.75, 3.05) is 18.3 Å². The Morgan fingerprint density at radius 1 is 1.50 bits per heavy atom. The second-order valence-electron chi connectivity index (χ2n) is 1.83. The standard InChI is InChI=1S/C5H14S2Si/c1-6-4-3-5(8)7-2/h5H,3-4H2,1-2,8H3. The fraction of sp³-hybridized carbons (Fsp3) is 1.00. The average molecular weight is 166 g/mol. The summed E-state index contributed by atoms with van der Waals surface area (Å²) in [5.41, 5.74) is 0. The molecule has 0 aromatic rings. The predicted octanol–water partition coefficient (Wildman–Crippen LogP) is 0.794. The molecule has 0 aromatic heterocycles. The van der Waals surface area contributed by atoms with Crippen LogP contribution in [0.4, 0.5) is 0 Å². The van der Waals surface area contributed by atoms with Crippen molar-refractivity contribution in [2.24, 2.45) is 0 Å². The first-order valence-electron chi connectivity index (χ1n) is 2.83. The second kappa shape index (κ2) is 6.04. The summed E-state index contributed by atoms with van der Waals surface area (Å²) in [6, 6.07) is 0. The van der Waals surface area contributed by atoms with E-state index in [-0.39, 0.29) is 0 Å². The van der Waals surface area contributed by atoms with Crippen LogP contribution in [0.15, 0.2) is 0 Å². The molecule has 3 heteroatoms. The van der Waals surface area contributed by atoms with Crippen LogP contribution >= 0.6 is 23.5 Å². The van der Waals surface area contributed by atoms with Gasteiger partial charge < -0.3 is 0 Å². The van der Waals surface area contributed by atoms with E-state index in [0.717, 1.165) is 4.87 Å². The topological polar surface area (TPSA) is 0 Å². The Labute approximate surface area is 63.6 Å². The molecule has 0 aromatic carbocycles. The molecule has 0 aliphatic rings. The molecule has 0 spiro atoms. The van der Waals surface area contributed by atoms with E-state index in [1.807, 2.05) is 23.5 Å². The smallest absolute Gasteiger partial charge is 0.0193 e. The summed E-state index contributed by atoms with van der Waals surface area (Å²) in [5, 5.41) is 0. The maximum atomic E-state index is 2.21. The highest BCUT2D eigenvalue weighted by Gasteiger charge is 1.95. The van der Waals surface area contributed by atoms with Gasteiger partial charge >= 0.3 is 0 Å². The molecule has 0 aliphatic carbocycles. The van der Waals surface area contributed by atoms with E-state index >= 15 is 0 Å². The summed E-state index contributed by atoms with van der Waals surface area (Å²) in [4.78, 5) is 0.988. The molecule has 0 saturated heterocycles. The molecule has 0 bridgehead atoms. The third kappa shape index (κ3) is 5.06. The number of hydrogen-bond donors (Lipinski definition) is 0. The molecule has 0 heterocycles. The molecule has 0 nitrogen and oxygen atoms in total. The van der Waals surface area contributed by atoms with E-state index in [1.54, 1.807) is 0 Å². The highest BCUT2D eigenvalue weighted by atomic mass is 32.2. The highest BCUT2D eigenvalue weighted by Crippen LogP contribution is 2.08. The summed E-state index contributed by atoms with van der Waals surface area (Å²) in [5.74, 6) is 1.34. The largest absolute Gasteiger partial charge is 0.166 e. The summed E-state index contributed by atoms with van der Waals surface area (Å²) >= 11 is 3.97. The van der Waals surface area contributed by atoms with E-state index < -0.39 is 0 Å². The molecule has 0 radical (unpaired) electrons. The van der Waals surface area contributed by atoms with Crippen LogP contribution in [0.5, 0.6) is 0 Å². The Morgan fingerprint density at radius 2 is 2.12 bits per heavy atom. The lowest BCUT2D eigenvalue weighted by Gasteiger charge is -2.03. The molecule has 50 valence electrons. The van der Waals surface area contributed by atoms with Gasteiger partial charge in [-0.2, -0.15) is 23.5 Å². The summed E-state index contributed by atoms with van der Waals surface area (Å²) in [6.45, 7) is 0. The second-order valence-corrected chi connectivity index (χ2v) is 6.32. The van der Waals surface area contributed by atoms with Crippen LogP contribution in [0, 0.1) is 0 Å². The van der Waals surface area contributed by atoms with Crippen molar-refractivity contribution in [1.82, 2.24) is 0 Å². The first-order valence-corrected chi connectivity index (χ1v) is 6.66. The number of hydrogen-bond acceptors (Lipinski definition) is 2. The van der Waals surface area contributed by atoms with Gasteiger partial charge in [-0.25, -0.2) is 0 Å². The number of thioether (sulfide) groups is 2. The Bertz CT molecular complexity index is 49.7. The maximum Gasteiger partial charge on any atom is 0.0193 e. The minimum atomic E-state index is 0.988. The summed E-state index contributed by atoms with van der Waals surface area (Å²) in [6.07, 6.45) is 5.79. The van der Waals surface area contributed by atoms with Crippen LogP contribution in [0.25, 0.3) is 0 Å². The minimum Gasteiger partial charge on any atom is -0.166 e. The monoisotopic (exact) mass is 166 g/mol. The van der Waals surface area contributed by atoms with Gasteiger partial charge in [0.1, 0.15) is 0 Å². The third-order valence-electron chi connectivity index (χ3n) is 1.13. The van der Waals surface area contributed by atoms with Crippen LogP contribution in [0.2, 0.25) is 0 Å². The number of rotatable bonds is 4. The zero-order chi connectivity index (χ0) is 6.41. The van der Waals surface area contributed by atoms with Gasteiger partial charge in [0.25, 0.3) is 0 Å². The molecular formula is C5H14S2Si. The van der Waals surface area contributed by atoms with Crippen molar-refractivity contribution in [3.63, 3.8) is 0 Å². The molecule has 0 rings (SSSR count). The SMILES string of the molecule is CSCCC([SiH3])SC. The van der Waals surface area contributed by atoms with Crippen molar-refractivity contribution in [2.45, 2.75) is 11.3 Å². The molecule has 1 atom stereocenters. The van der Waals surface area contributed by atoms with Crippen LogP contribution in [-0.4, -0.2) is 33.4 Å². The van der Waals surface area contributed by atoms with Gasteiger partial charge in [0.15, 0.2) is 0 Å². The lowest BCUT2D eigenvalue weighted by Crippen LogP contribution is -2.01. The van der Waals surface area contributed by atoms with Crippen LogP contribution in [0.3, 0.4) is 0 Å². The van der Waals surface area contributed by atoms with Crippen molar-refractivity contribution >= 4 is 33.8 Å². The first-order chi connectivity index (χ1) is 3.81. The van der Waals surface area contributed by atoms with Crippen LogP contribution in [-0.2, 0) is 0 Å². The Kier molecular flexibility index (Phi) is 6.74. The molecular weight excluding hydrogens is 152 g/mol. The van der Waals surface area contributed by atoms with E-state index in [0.29, 0.717) is 0 Å². The Balaban J connectivity index is 2.86. The van der Waals surface area contributed by atoms with Gasteiger partial charge in [-0.1, -0.05) is 0 Å². The van der Waals surface area contributed by atoms with Gasteiger partial charge in [0, 0.05) is 10.2 Å². The molecule has 0 N–H and O–H groups in total. The molecule has 0 aliphatic heterocycles. The minimum absolute atomic E-state index is 0.988. The fourth-order valence-electron chi connectivity index (χ4n) is 0.402. The van der Waals surface area contributed by atoms with Crippen LogP contribution < -0.4 is 0 Å². The quantitative estimate of drug-likeness (QED) is 0.567. The third-order valence-corrected chi connectivity index (χ3v) is 4.81. The molecule has 0 fully saturated rings. The molecule has 8 heavy (non-hydrogen) atoms.